The lowest BCUT2D eigenvalue weighted by Crippen LogP contribution is -2.13. The summed E-state index contributed by atoms with van der Waals surface area (Å²) in [5, 5.41) is 12.1. The van der Waals surface area contributed by atoms with E-state index in [0.29, 0.717) is 17.1 Å². The van der Waals surface area contributed by atoms with Crippen molar-refractivity contribution in [2.45, 2.75) is 13.0 Å². The number of pyridine rings is 1. The smallest absolute Gasteiger partial charge is 0.145 e. The highest BCUT2D eigenvalue weighted by Crippen LogP contribution is 2.24. The number of benzene rings is 1. The second-order valence-electron chi connectivity index (χ2n) is 4.14. The van der Waals surface area contributed by atoms with E-state index >= 15 is 0 Å². The van der Waals surface area contributed by atoms with Gasteiger partial charge in [0.25, 0.3) is 0 Å². The van der Waals surface area contributed by atoms with Crippen molar-refractivity contribution in [3.63, 3.8) is 0 Å². The molecule has 19 heavy (non-hydrogen) atoms. The Hall–Kier alpha value is -2.38. The van der Waals surface area contributed by atoms with Crippen LogP contribution in [-0.2, 0) is 0 Å². The maximum Gasteiger partial charge on any atom is 0.145 e. The van der Waals surface area contributed by atoms with Crippen LogP contribution in [0.1, 0.15) is 24.2 Å². The highest BCUT2D eigenvalue weighted by Gasteiger charge is 2.06. The van der Waals surface area contributed by atoms with E-state index in [1.807, 2.05) is 32.2 Å². The fraction of sp³-hybridized carbons (Fsp3) is 0.200. The number of hydrogen-bond acceptors (Lipinski definition) is 4. The summed E-state index contributed by atoms with van der Waals surface area (Å²) in [6.45, 7) is 2.04. The quantitative estimate of drug-likeness (QED) is 0.909. The molecule has 0 bridgehead atoms. The molecule has 0 saturated carbocycles. The first-order valence-corrected chi connectivity index (χ1v) is 6.05. The molecule has 0 aliphatic heterocycles. The van der Waals surface area contributed by atoms with E-state index in [9.17, 15) is 0 Å². The van der Waals surface area contributed by atoms with E-state index < -0.39 is 0 Å². The normalized spacial score (nSPS) is 11.6. The third-order valence-electron chi connectivity index (χ3n) is 2.87. The number of ether oxygens (including phenoxy) is 1. The van der Waals surface area contributed by atoms with Crippen molar-refractivity contribution in [1.82, 2.24) is 10.3 Å². The number of nitrogens with zero attached hydrogens (tertiary/aromatic N) is 2. The highest BCUT2D eigenvalue weighted by atomic mass is 16.5. The number of aromatic nitrogens is 1. The summed E-state index contributed by atoms with van der Waals surface area (Å²) >= 11 is 0. The van der Waals surface area contributed by atoms with Gasteiger partial charge in [-0.15, -0.1) is 0 Å². The fourth-order valence-corrected chi connectivity index (χ4v) is 1.63. The Morgan fingerprint density at radius 3 is 2.68 bits per heavy atom. The maximum absolute atomic E-state index is 8.99. The van der Waals surface area contributed by atoms with Crippen molar-refractivity contribution < 1.29 is 4.74 Å². The average molecular weight is 253 g/mol. The Bertz CT molecular complexity index is 587. The van der Waals surface area contributed by atoms with Gasteiger partial charge in [0.05, 0.1) is 17.5 Å². The molecule has 1 atom stereocenters. The zero-order chi connectivity index (χ0) is 13.7. The van der Waals surface area contributed by atoms with E-state index in [-0.39, 0.29) is 6.04 Å². The van der Waals surface area contributed by atoms with Crippen LogP contribution in [-0.4, -0.2) is 12.0 Å². The molecule has 4 heteroatoms. The molecule has 2 aromatic rings. The fourth-order valence-electron chi connectivity index (χ4n) is 1.63. The molecule has 0 fully saturated rings. The lowest BCUT2D eigenvalue weighted by molar-refractivity contribution is 0.477. The van der Waals surface area contributed by atoms with Crippen molar-refractivity contribution in [2.75, 3.05) is 7.05 Å². The topological polar surface area (TPSA) is 57.9 Å². The average Bonchev–Trinajstić information content (AvgIpc) is 2.48. The summed E-state index contributed by atoms with van der Waals surface area (Å²) in [7, 11) is 1.89. The van der Waals surface area contributed by atoms with E-state index in [1.54, 1.807) is 24.4 Å². The second kappa shape index (κ2) is 5.98. The first-order valence-electron chi connectivity index (χ1n) is 6.05. The van der Waals surface area contributed by atoms with Gasteiger partial charge in [-0.3, -0.25) is 4.98 Å². The van der Waals surface area contributed by atoms with Gasteiger partial charge in [-0.25, -0.2) is 0 Å². The molecular weight excluding hydrogens is 238 g/mol. The minimum absolute atomic E-state index is 0.195. The number of nitriles is 1. The first kappa shape index (κ1) is 13.1. The molecular formula is C15H15N3O. The molecule has 0 aliphatic rings. The predicted octanol–water partition coefficient (Wildman–Crippen LogP) is 3.03. The van der Waals surface area contributed by atoms with Crippen molar-refractivity contribution in [2.24, 2.45) is 0 Å². The Morgan fingerprint density at radius 1 is 1.26 bits per heavy atom. The van der Waals surface area contributed by atoms with E-state index in [1.165, 1.54) is 0 Å². The van der Waals surface area contributed by atoms with Gasteiger partial charge >= 0.3 is 0 Å². The standard InChI is InChI=1S/C15H15N3O/c1-11(17-2)14-8-7-13(10-18-14)19-15-6-4-3-5-12(15)9-16/h3-8,10-11,17H,1-2H3. The Morgan fingerprint density at radius 2 is 2.05 bits per heavy atom. The molecule has 1 aromatic carbocycles. The van der Waals surface area contributed by atoms with Crippen LogP contribution in [0, 0.1) is 11.3 Å². The van der Waals surface area contributed by atoms with Gasteiger partial charge in [0.15, 0.2) is 0 Å². The molecule has 1 aromatic heterocycles. The first-order chi connectivity index (χ1) is 9.24. The molecule has 0 spiro atoms. The van der Waals surface area contributed by atoms with E-state index in [2.05, 4.69) is 16.4 Å². The minimum Gasteiger partial charge on any atom is -0.454 e. The number of nitrogens with one attached hydrogen (secondary N) is 1. The van der Waals surface area contributed by atoms with E-state index in [0.717, 1.165) is 5.69 Å². The molecule has 0 amide bonds. The Kier molecular flexibility index (Phi) is 4.11. The number of rotatable bonds is 4. The van der Waals surface area contributed by atoms with Gasteiger partial charge in [-0.2, -0.15) is 5.26 Å². The lowest BCUT2D eigenvalue weighted by Gasteiger charge is -2.11. The minimum atomic E-state index is 0.195. The zero-order valence-electron chi connectivity index (χ0n) is 10.9. The van der Waals surface area contributed by atoms with Crippen molar-refractivity contribution in [1.29, 1.82) is 5.26 Å². The molecule has 1 unspecified atom stereocenters. The number of para-hydroxylation sites is 1. The molecule has 0 aliphatic carbocycles. The molecule has 4 nitrogen and oxygen atoms in total. The van der Waals surface area contributed by atoms with Crippen molar-refractivity contribution in [3.8, 4) is 17.6 Å². The van der Waals surface area contributed by atoms with Crippen LogP contribution in [0.25, 0.3) is 0 Å². The summed E-state index contributed by atoms with van der Waals surface area (Å²) in [5.74, 6) is 1.16. The Balaban J connectivity index is 2.18. The van der Waals surface area contributed by atoms with Crippen LogP contribution in [0.4, 0.5) is 0 Å². The van der Waals surface area contributed by atoms with Crippen LogP contribution in [0.3, 0.4) is 0 Å². The van der Waals surface area contributed by atoms with Gasteiger partial charge in [0.2, 0.25) is 0 Å². The van der Waals surface area contributed by atoms with Gasteiger partial charge in [0, 0.05) is 6.04 Å². The van der Waals surface area contributed by atoms with Crippen molar-refractivity contribution in [3.05, 3.63) is 53.9 Å². The third-order valence-corrected chi connectivity index (χ3v) is 2.87. The molecule has 0 saturated heterocycles. The summed E-state index contributed by atoms with van der Waals surface area (Å²) in [6, 6.07) is 13.2. The van der Waals surface area contributed by atoms with Gasteiger partial charge in [-0.05, 0) is 38.2 Å². The van der Waals surface area contributed by atoms with E-state index in [4.69, 9.17) is 10.00 Å². The Labute approximate surface area is 112 Å². The lowest BCUT2D eigenvalue weighted by atomic mass is 10.2. The summed E-state index contributed by atoms with van der Waals surface area (Å²) in [4.78, 5) is 4.33. The number of hydrogen-bond donors (Lipinski definition) is 1. The van der Waals surface area contributed by atoms with Crippen LogP contribution in [0.5, 0.6) is 11.5 Å². The maximum atomic E-state index is 8.99. The monoisotopic (exact) mass is 253 g/mol. The molecule has 1 N–H and O–H groups in total. The van der Waals surface area contributed by atoms with Crippen LogP contribution >= 0.6 is 0 Å². The van der Waals surface area contributed by atoms with Crippen LogP contribution in [0.15, 0.2) is 42.6 Å². The highest BCUT2D eigenvalue weighted by molar-refractivity contribution is 5.44. The summed E-state index contributed by atoms with van der Waals surface area (Å²) < 4.78 is 5.66. The van der Waals surface area contributed by atoms with Gasteiger partial charge < -0.3 is 10.1 Å². The molecule has 96 valence electrons. The molecule has 0 radical (unpaired) electrons. The molecule has 2 rings (SSSR count). The van der Waals surface area contributed by atoms with Crippen LogP contribution in [0.2, 0.25) is 0 Å². The zero-order valence-corrected chi connectivity index (χ0v) is 10.9. The summed E-state index contributed by atoms with van der Waals surface area (Å²) in [5.41, 5.74) is 1.46. The van der Waals surface area contributed by atoms with Gasteiger partial charge in [-0.1, -0.05) is 12.1 Å². The van der Waals surface area contributed by atoms with Crippen LogP contribution < -0.4 is 10.1 Å². The third kappa shape index (κ3) is 3.09. The van der Waals surface area contributed by atoms with Crippen molar-refractivity contribution >= 4 is 0 Å². The second-order valence-corrected chi connectivity index (χ2v) is 4.14. The van der Waals surface area contributed by atoms with Gasteiger partial charge in [0.1, 0.15) is 17.6 Å². The predicted molar refractivity (Wildman–Crippen MR) is 72.9 cm³/mol. The summed E-state index contributed by atoms with van der Waals surface area (Å²) in [6.07, 6.45) is 1.66. The SMILES string of the molecule is CNC(C)c1ccc(Oc2ccccc2C#N)cn1. The molecule has 1 heterocycles. The largest absolute Gasteiger partial charge is 0.454 e.